The lowest BCUT2D eigenvalue weighted by molar-refractivity contribution is -0.125. The topological polar surface area (TPSA) is 61.4 Å². The highest BCUT2D eigenvalue weighted by molar-refractivity contribution is 5.82. The second-order valence-corrected chi connectivity index (χ2v) is 5.57. The monoisotopic (exact) mass is 240 g/mol. The lowest BCUT2D eigenvalue weighted by atomic mass is 9.84. The summed E-state index contributed by atoms with van der Waals surface area (Å²) in [7, 11) is 0. The molecule has 1 saturated heterocycles. The molecule has 2 fully saturated rings. The smallest absolute Gasteiger partial charge is 0.237 e. The van der Waals surface area contributed by atoms with Crippen molar-refractivity contribution in [3.63, 3.8) is 0 Å². The van der Waals surface area contributed by atoms with Crippen LogP contribution in [-0.2, 0) is 4.79 Å². The lowest BCUT2D eigenvalue weighted by Crippen LogP contribution is -2.51. The third-order valence-electron chi connectivity index (χ3n) is 4.13. The molecule has 0 bridgehead atoms. The summed E-state index contributed by atoms with van der Waals surface area (Å²) in [5.41, 5.74) is 0. The molecule has 0 spiro atoms. The summed E-state index contributed by atoms with van der Waals surface area (Å²) in [6.45, 7) is 3.02. The summed E-state index contributed by atoms with van der Waals surface area (Å²) in [5.74, 6) is 0.493. The number of carbonyl (C=O) groups excluding carboxylic acids is 1. The number of amides is 1. The van der Waals surface area contributed by atoms with Gasteiger partial charge in [0.2, 0.25) is 5.91 Å². The van der Waals surface area contributed by atoms with E-state index in [1.54, 1.807) is 0 Å². The maximum atomic E-state index is 12.0. The summed E-state index contributed by atoms with van der Waals surface area (Å²) in [5, 5.41) is 16.1. The zero-order valence-electron chi connectivity index (χ0n) is 10.6. The van der Waals surface area contributed by atoms with Crippen molar-refractivity contribution in [2.75, 3.05) is 6.54 Å². The molecule has 0 aromatic rings. The molecular formula is C13H24N2O2. The molecule has 3 N–H and O–H groups in total. The largest absolute Gasteiger partial charge is 0.393 e. The predicted molar refractivity (Wildman–Crippen MR) is 66.6 cm³/mol. The van der Waals surface area contributed by atoms with Crippen LogP contribution >= 0.6 is 0 Å². The van der Waals surface area contributed by atoms with Gasteiger partial charge >= 0.3 is 0 Å². The van der Waals surface area contributed by atoms with Crippen LogP contribution in [0.2, 0.25) is 0 Å². The van der Waals surface area contributed by atoms with Crippen molar-refractivity contribution in [3.05, 3.63) is 0 Å². The fourth-order valence-electron chi connectivity index (χ4n) is 2.81. The standard InChI is InChI=1S/C13H24N2O2/c1-9-5-6-10(8-12(9)16)15-13(17)11-4-2-3-7-14-11/h9-12,14,16H,2-8H2,1H3,(H,15,17)/t9-,10-,11+,12-/m1/s1. The predicted octanol–water partition coefficient (Wildman–Crippen LogP) is 0.794. The highest BCUT2D eigenvalue weighted by Gasteiger charge is 2.29. The van der Waals surface area contributed by atoms with Crippen LogP contribution in [0.25, 0.3) is 0 Å². The molecule has 0 unspecified atom stereocenters. The number of hydrogen-bond acceptors (Lipinski definition) is 3. The molecule has 0 aromatic carbocycles. The number of aliphatic hydroxyl groups excluding tert-OH is 1. The summed E-state index contributed by atoms with van der Waals surface area (Å²) in [6.07, 6.45) is 5.70. The van der Waals surface area contributed by atoms with Gasteiger partial charge in [-0.2, -0.15) is 0 Å². The number of carbonyl (C=O) groups is 1. The Kier molecular flexibility index (Phi) is 4.40. The Hall–Kier alpha value is -0.610. The Balaban J connectivity index is 1.78. The molecule has 4 heteroatoms. The van der Waals surface area contributed by atoms with Gasteiger partial charge in [0.05, 0.1) is 12.1 Å². The van der Waals surface area contributed by atoms with Crippen molar-refractivity contribution >= 4 is 5.91 Å². The summed E-state index contributed by atoms with van der Waals surface area (Å²) in [6, 6.07) is 0.151. The van der Waals surface area contributed by atoms with E-state index < -0.39 is 0 Å². The van der Waals surface area contributed by atoms with Crippen LogP contribution in [-0.4, -0.2) is 35.7 Å². The molecule has 98 valence electrons. The van der Waals surface area contributed by atoms with Crippen molar-refractivity contribution in [2.45, 2.75) is 63.6 Å². The van der Waals surface area contributed by atoms with E-state index in [-0.39, 0.29) is 24.1 Å². The number of rotatable bonds is 2. The van der Waals surface area contributed by atoms with Gasteiger partial charge < -0.3 is 15.7 Å². The Labute approximate surface area is 103 Å². The summed E-state index contributed by atoms with van der Waals surface area (Å²) >= 11 is 0. The van der Waals surface area contributed by atoms with Gasteiger partial charge in [0.1, 0.15) is 0 Å². The van der Waals surface area contributed by atoms with Crippen LogP contribution in [0.3, 0.4) is 0 Å². The Morgan fingerprint density at radius 2 is 2.12 bits per heavy atom. The van der Waals surface area contributed by atoms with Crippen LogP contribution < -0.4 is 10.6 Å². The first-order valence-electron chi connectivity index (χ1n) is 6.88. The average Bonchev–Trinajstić information content (AvgIpc) is 2.35. The van der Waals surface area contributed by atoms with Crippen molar-refractivity contribution < 1.29 is 9.90 Å². The van der Waals surface area contributed by atoms with Gasteiger partial charge in [0.15, 0.2) is 0 Å². The molecule has 0 aromatic heterocycles. The van der Waals surface area contributed by atoms with Crippen LogP contribution in [0.1, 0.15) is 45.4 Å². The van der Waals surface area contributed by atoms with Crippen molar-refractivity contribution in [2.24, 2.45) is 5.92 Å². The van der Waals surface area contributed by atoms with E-state index in [9.17, 15) is 9.90 Å². The van der Waals surface area contributed by atoms with Gasteiger partial charge in [-0.05, 0) is 44.6 Å². The van der Waals surface area contributed by atoms with Crippen LogP contribution in [0, 0.1) is 5.92 Å². The minimum atomic E-state index is -0.256. The zero-order valence-corrected chi connectivity index (χ0v) is 10.6. The third-order valence-corrected chi connectivity index (χ3v) is 4.13. The van der Waals surface area contributed by atoms with Crippen molar-refractivity contribution in [3.8, 4) is 0 Å². The molecule has 4 atom stereocenters. The van der Waals surface area contributed by atoms with E-state index in [4.69, 9.17) is 0 Å². The third kappa shape index (κ3) is 3.42. The number of piperidine rings is 1. The molecule has 1 saturated carbocycles. The Morgan fingerprint density at radius 3 is 2.76 bits per heavy atom. The fourth-order valence-corrected chi connectivity index (χ4v) is 2.81. The molecule has 1 amide bonds. The van der Waals surface area contributed by atoms with E-state index in [1.165, 1.54) is 6.42 Å². The molecule has 1 heterocycles. The molecule has 4 nitrogen and oxygen atoms in total. The summed E-state index contributed by atoms with van der Waals surface area (Å²) < 4.78 is 0. The zero-order chi connectivity index (χ0) is 12.3. The maximum absolute atomic E-state index is 12.0. The number of nitrogens with one attached hydrogen (secondary N) is 2. The van der Waals surface area contributed by atoms with E-state index in [2.05, 4.69) is 17.6 Å². The van der Waals surface area contributed by atoms with E-state index >= 15 is 0 Å². The van der Waals surface area contributed by atoms with E-state index in [1.807, 2.05) is 0 Å². The fraction of sp³-hybridized carbons (Fsp3) is 0.923. The molecule has 2 aliphatic rings. The second kappa shape index (κ2) is 5.83. The quantitative estimate of drug-likeness (QED) is 0.669. The van der Waals surface area contributed by atoms with Crippen LogP contribution in [0.4, 0.5) is 0 Å². The minimum absolute atomic E-state index is 0.0137. The Bertz CT molecular complexity index is 264. The lowest BCUT2D eigenvalue weighted by Gasteiger charge is -2.33. The van der Waals surface area contributed by atoms with Gasteiger partial charge in [-0.25, -0.2) is 0 Å². The number of hydrogen-bond donors (Lipinski definition) is 3. The SMILES string of the molecule is C[C@@H]1CC[C@@H](NC(=O)[C@@H]2CCCCN2)C[C@H]1O. The molecule has 1 aliphatic heterocycles. The first kappa shape index (κ1) is 12.8. The molecule has 2 rings (SSSR count). The molecule has 1 aliphatic carbocycles. The molecular weight excluding hydrogens is 216 g/mol. The van der Waals surface area contributed by atoms with Crippen LogP contribution in [0.15, 0.2) is 0 Å². The molecule has 17 heavy (non-hydrogen) atoms. The maximum Gasteiger partial charge on any atom is 0.237 e. The Morgan fingerprint density at radius 1 is 1.29 bits per heavy atom. The summed E-state index contributed by atoms with van der Waals surface area (Å²) in [4.78, 5) is 12.0. The van der Waals surface area contributed by atoms with E-state index in [0.29, 0.717) is 12.3 Å². The minimum Gasteiger partial charge on any atom is -0.393 e. The van der Waals surface area contributed by atoms with Gasteiger partial charge in [-0.3, -0.25) is 4.79 Å². The van der Waals surface area contributed by atoms with Gasteiger partial charge in [0.25, 0.3) is 0 Å². The normalized spacial score (nSPS) is 38.7. The van der Waals surface area contributed by atoms with Gasteiger partial charge in [-0.1, -0.05) is 13.3 Å². The first-order chi connectivity index (χ1) is 8.16. The van der Waals surface area contributed by atoms with E-state index in [0.717, 1.165) is 32.2 Å². The number of aliphatic hydroxyl groups is 1. The van der Waals surface area contributed by atoms with Gasteiger partial charge in [0, 0.05) is 6.04 Å². The first-order valence-corrected chi connectivity index (χ1v) is 6.88. The highest BCUT2D eigenvalue weighted by atomic mass is 16.3. The van der Waals surface area contributed by atoms with Crippen molar-refractivity contribution in [1.29, 1.82) is 0 Å². The van der Waals surface area contributed by atoms with Crippen LogP contribution in [0.5, 0.6) is 0 Å². The van der Waals surface area contributed by atoms with Crippen molar-refractivity contribution in [1.82, 2.24) is 10.6 Å². The average molecular weight is 240 g/mol. The second-order valence-electron chi connectivity index (χ2n) is 5.57. The highest BCUT2D eigenvalue weighted by Crippen LogP contribution is 2.24. The molecule has 0 radical (unpaired) electrons. The van der Waals surface area contributed by atoms with Gasteiger partial charge in [-0.15, -0.1) is 0 Å².